The normalized spacial score (nSPS) is 15.2. The zero-order valence-corrected chi connectivity index (χ0v) is 21.8. The molecule has 1 heterocycles. The second-order valence-corrected chi connectivity index (χ2v) is 10.3. The Morgan fingerprint density at radius 1 is 0.632 bits per heavy atom. The summed E-state index contributed by atoms with van der Waals surface area (Å²) in [6.45, 7) is 0. The lowest BCUT2D eigenvalue weighted by Crippen LogP contribution is -2.04. The Balaban J connectivity index is 1.46. The lowest BCUT2D eigenvalue weighted by molar-refractivity contribution is 0.850. The van der Waals surface area contributed by atoms with Gasteiger partial charge >= 0.3 is 0 Å². The van der Waals surface area contributed by atoms with E-state index >= 15 is 0 Å². The molecule has 5 aromatic rings. The van der Waals surface area contributed by atoms with Gasteiger partial charge in [-0.15, -0.1) is 11.8 Å². The van der Waals surface area contributed by atoms with Crippen molar-refractivity contribution < 1.29 is 0 Å². The van der Waals surface area contributed by atoms with E-state index < -0.39 is 0 Å². The maximum absolute atomic E-state index is 5.09. The number of hydrogen-bond acceptors (Lipinski definition) is 3. The molecule has 1 aliphatic heterocycles. The lowest BCUT2D eigenvalue weighted by atomic mass is 9.95. The largest absolute Gasteiger partial charge is 0.354 e. The van der Waals surface area contributed by atoms with Gasteiger partial charge in [-0.25, -0.2) is 0 Å². The lowest BCUT2D eigenvalue weighted by Gasteiger charge is -2.20. The van der Waals surface area contributed by atoms with Crippen molar-refractivity contribution in [2.75, 3.05) is 11.1 Å². The van der Waals surface area contributed by atoms with Gasteiger partial charge in [-0.1, -0.05) is 140 Å². The molecule has 1 aliphatic rings. The van der Waals surface area contributed by atoms with Crippen LogP contribution < -0.4 is 5.32 Å². The second kappa shape index (κ2) is 11.4. The first-order chi connectivity index (χ1) is 18.8. The number of thioether (sulfide) groups is 1. The van der Waals surface area contributed by atoms with Crippen molar-refractivity contribution in [2.45, 2.75) is 6.04 Å². The van der Waals surface area contributed by atoms with Gasteiger partial charge in [-0.2, -0.15) is 0 Å². The first-order valence-corrected chi connectivity index (χ1v) is 13.9. The Morgan fingerprint density at radius 2 is 1.16 bits per heavy atom. The number of nitrogens with zero attached hydrogens (tertiary/aromatic N) is 1. The van der Waals surface area contributed by atoms with Crippen LogP contribution in [0.15, 0.2) is 151 Å². The Hall–Kier alpha value is -4.34. The molecular weight excluding hydrogens is 480 g/mol. The molecule has 1 unspecified atom stereocenters. The quantitative estimate of drug-likeness (QED) is 0.237. The van der Waals surface area contributed by atoms with Gasteiger partial charge in [0.25, 0.3) is 0 Å². The topological polar surface area (TPSA) is 24.4 Å². The van der Waals surface area contributed by atoms with E-state index in [-0.39, 0.29) is 6.04 Å². The molecule has 0 fully saturated rings. The average molecular weight is 509 g/mol. The molecule has 1 N–H and O–H groups in total. The Labute approximate surface area is 228 Å². The number of rotatable bonds is 7. The summed E-state index contributed by atoms with van der Waals surface area (Å²) in [4.78, 5) is 5.09. The van der Waals surface area contributed by atoms with Gasteiger partial charge in [0.15, 0.2) is 0 Å². The minimum atomic E-state index is 0.181. The molecule has 3 heteroatoms. The summed E-state index contributed by atoms with van der Waals surface area (Å²) >= 11 is 1.81. The minimum absolute atomic E-state index is 0.181. The molecular formula is C35H28N2S. The highest BCUT2D eigenvalue weighted by Gasteiger charge is 2.20. The molecule has 6 rings (SSSR count). The summed E-state index contributed by atoms with van der Waals surface area (Å²) in [5.74, 6) is 0.952. The molecule has 0 aliphatic carbocycles. The van der Waals surface area contributed by atoms with Gasteiger partial charge in [-0.05, 0) is 28.3 Å². The first-order valence-electron chi connectivity index (χ1n) is 12.9. The summed E-state index contributed by atoms with van der Waals surface area (Å²) in [5.41, 5.74) is 9.19. The molecule has 0 spiro atoms. The number of aliphatic imine (C=N–C) groups is 1. The number of para-hydroxylation sites is 1. The van der Waals surface area contributed by atoms with Crippen molar-refractivity contribution in [3.63, 3.8) is 0 Å². The highest BCUT2D eigenvalue weighted by atomic mass is 32.2. The van der Waals surface area contributed by atoms with Gasteiger partial charge in [-0.3, -0.25) is 4.99 Å². The standard InChI is InChI=1S/C35H28N2S/c1-5-14-26(15-6-1)30-22-13-23-31(27-16-7-2-8-17-27)35(30)37-32(28-18-9-3-10-19-28)24-34-36-33(25-38-34)29-20-11-4-12-21-29/h1-24,33,37H,25H2. The van der Waals surface area contributed by atoms with Crippen LogP contribution in [0, 0.1) is 0 Å². The number of hydrogen-bond donors (Lipinski definition) is 1. The summed E-state index contributed by atoms with van der Waals surface area (Å²) < 4.78 is 0. The summed E-state index contributed by atoms with van der Waals surface area (Å²) in [7, 11) is 0. The third kappa shape index (κ3) is 5.34. The molecule has 2 nitrogen and oxygen atoms in total. The van der Waals surface area contributed by atoms with Crippen LogP contribution in [-0.2, 0) is 0 Å². The Kier molecular flexibility index (Phi) is 7.19. The predicted molar refractivity (Wildman–Crippen MR) is 164 cm³/mol. The van der Waals surface area contributed by atoms with Crippen LogP contribution in [0.5, 0.6) is 0 Å². The molecule has 38 heavy (non-hydrogen) atoms. The van der Waals surface area contributed by atoms with Crippen molar-refractivity contribution in [3.05, 3.63) is 157 Å². The highest BCUT2D eigenvalue weighted by molar-refractivity contribution is 8.14. The number of anilines is 1. The zero-order chi connectivity index (χ0) is 25.6. The highest BCUT2D eigenvalue weighted by Crippen LogP contribution is 2.39. The van der Waals surface area contributed by atoms with Gasteiger partial charge in [0.05, 0.1) is 16.8 Å². The number of nitrogens with one attached hydrogen (secondary N) is 1. The van der Waals surface area contributed by atoms with Crippen molar-refractivity contribution in [2.24, 2.45) is 4.99 Å². The summed E-state index contributed by atoms with van der Waals surface area (Å²) in [5, 5.41) is 4.92. The summed E-state index contributed by atoms with van der Waals surface area (Å²) in [6.07, 6.45) is 2.21. The van der Waals surface area contributed by atoms with Crippen molar-refractivity contribution in [1.82, 2.24) is 0 Å². The van der Waals surface area contributed by atoms with Crippen LogP contribution in [-0.4, -0.2) is 10.8 Å². The van der Waals surface area contributed by atoms with Crippen LogP contribution in [0.3, 0.4) is 0 Å². The predicted octanol–water partition coefficient (Wildman–Crippen LogP) is 9.36. The fraction of sp³-hybridized carbons (Fsp3) is 0.0571. The van der Waals surface area contributed by atoms with E-state index in [1.807, 2.05) is 11.8 Å². The summed E-state index contributed by atoms with van der Waals surface area (Å²) in [6, 6.07) is 49.0. The van der Waals surface area contributed by atoms with E-state index in [1.54, 1.807) is 0 Å². The van der Waals surface area contributed by atoms with Crippen molar-refractivity contribution >= 4 is 28.2 Å². The van der Waals surface area contributed by atoms with Crippen LogP contribution in [0.4, 0.5) is 5.69 Å². The monoisotopic (exact) mass is 508 g/mol. The van der Waals surface area contributed by atoms with Crippen molar-refractivity contribution in [1.29, 1.82) is 0 Å². The van der Waals surface area contributed by atoms with E-state index in [4.69, 9.17) is 4.99 Å². The molecule has 0 aromatic heterocycles. The van der Waals surface area contributed by atoms with E-state index in [0.29, 0.717) is 0 Å². The third-order valence-corrected chi connectivity index (χ3v) is 7.70. The van der Waals surface area contributed by atoms with Crippen LogP contribution in [0.1, 0.15) is 17.2 Å². The Morgan fingerprint density at radius 3 is 1.74 bits per heavy atom. The van der Waals surface area contributed by atoms with Crippen molar-refractivity contribution in [3.8, 4) is 22.3 Å². The van der Waals surface area contributed by atoms with Gasteiger partial charge in [0.1, 0.15) is 0 Å². The third-order valence-electron chi connectivity index (χ3n) is 6.70. The maximum atomic E-state index is 5.09. The molecule has 184 valence electrons. The van der Waals surface area contributed by atoms with Crippen LogP contribution >= 0.6 is 11.8 Å². The molecule has 5 aromatic carbocycles. The Bertz CT molecular complexity index is 1500. The molecule has 0 bridgehead atoms. The van der Waals surface area contributed by atoms with Gasteiger partial charge in [0, 0.05) is 22.6 Å². The number of benzene rings is 5. The molecule has 0 saturated carbocycles. The second-order valence-electron chi connectivity index (χ2n) is 9.21. The molecule has 1 atom stereocenters. The van der Waals surface area contributed by atoms with E-state index in [0.717, 1.165) is 38.9 Å². The van der Waals surface area contributed by atoms with Gasteiger partial charge in [0.2, 0.25) is 0 Å². The van der Waals surface area contributed by atoms with Gasteiger partial charge < -0.3 is 5.32 Å². The fourth-order valence-electron chi connectivity index (χ4n) is 4.79. The van der Waals surface area contributed by atoms with Crippen LogP contribution in [0.25, 0.3) is 28.0 Å². The van der Waals surface area contributed by atoms with E-state index in [9.17, 15) is 0 Å². The molecule has 0 radical (unpaired) electrons. The van der Waals surface area contributed by atoms with Crippen LogP contribution in [0.2, 0.25) is 0 Å². The molecule has 0 amide bonds. The minimum Gasteiger partial charge on any atom is -0.354 e. The fourth-order valence-corrected chi connectivity index (χ4v) is 5.79. The zero-order valence-electron chi connectivity index (χ0n) is 21.0. The maximum Gasteiger partial charge on any atom is 0.0934 e. The first kappa shape index (κ1) is 24.0. The SMILES string of the molecule is C(=C(Nc1c(-c2ccccc2)cccc1-c1ccccc1)c1ccccc1)C1=NC(c2ccccc2)CS1. The average Bonchev–Trinajstić information content (AvgIpc) is 3.47. The van der Waals surface area contributed by atoms with E-state index in [1.165, 1.54) is 16.7 Å². The molecule has 0 saturated heterocycles. The van der Waals surface area contributed by atoms with E-state index in [2.05, 4.69) is 151 Å². The smallest absolute Gasteiger partial charge is 0.0934 e.